The van der Waals surface area contributed by atoms with Crippen molar-refractivity contribution in [1.82, 2.24) is 9.97 Å². The van der Waals surface area contributed by atoms with Crippen LogP contribution in [0.4, 0.5) is 0 Å². The highest BCUT2D eigenvalue weighted by atomic mass is 14.7. The van der Waals surface area contributed by atoms with Crippen LogP contribution in [0.1, 0.15) is 22.3 Å². The molecule has 2 heteroatoms. The molecule has 0 spiro atoms. The van der Waals surface area contributed by atoms with Gasteiger partial charge < -0.3 is 0 Å². The van der Waals surface area contributed by atoms with E-state index >= 15 is 0 Å². The first-order valence-electron chi connectivity index (χ1n) is 15.8. The molecule has 0 fully saturated rings. The van der Waals surface area contributed by atoms with Gasteiger partial charge in [-0.05, 0) is 96.5 Å². The van der Waals surface area contributed by atoms with Crippen LogP contribution in [-0.4, -0.2) is 9.97 Å². The first kappa shape index (κ1) is 29.1. The van der Waals surface area contributed by atoms with Crippen molar-refractivity contribution in [1.29, 1.82) is 0 Å². The Morgan fingerprint density at radius 2 is 0.500 bits per heavy atom. The van der Waals surface area contributed by atoms with Crippen LogP contribution >= 0.6 is 0 Å². The van der Waals surface area contributed by atoms with Gasteiger partial charge in [0.15, 0.2) is 0 Å². The topological polar surface area (TPSA) is 25.8 Å². The summed E-state index contributed by atoms with van der Waals surface area (Å²) in [7, 11) is 0. The normalized spacial score (nSPS) is 11.0. The summed E-state index contributed by atoms with van der Waals surface area (Å²) < 4.78 is 0. The molecule has 5 aromatic carbocycles. The van der Waals surface area contributed by atoms with Crippen molar-refractivity contribution >= 4 is 0 Å². The number of hydrogen-bond donors (Lipinski definition) is 0. The molecule has 0 radical (unpaired) electrons. The van der Waals surface area contributed by atoms with Crippen LogP contribution in [0.2, 0.25) is 0 Å². The fraction of sp³-hybridized carbons (Fsp3) is 0.0909. The van der Waals surface area contributed by atoms with Gasteiger partial charge in [0.25, 0.3) is 0 Å². The van der Waals surface area contributed by atoms with Gasteiger partial charge in [-0.25, -0.2) is 9.97 Å². The van der Waals surface area contributed by atoms with Crippen molar-refractivity contribution in [2.75, 3.05) is 0 Å². The zero-order valence-corrected chi connectivity index (χ0v) is 26.8. The Morgan fingerprint density at radius 1 is 0.283 bits per heavy atom. The summed E-state index contributed by atoms with van der Waals surface area (Å²) in [4.78, 5) is 10.3. The van der Waals surface area contributed by atoms with E-state index in [2.05, 4.69) is 173 Å². The largest absolute Gasteiger partial charge is 0.248 e. The van der Waals surface area contributed by atoms with Crippen LogP contribution in [0.25, 0.3) is 67.3 Å². The van der Waals surface area contributed by atoms with Gasteiger partial charge in [-0.15, -0.1) is 0 Å². The Bertz CT molecular complexity index is 1850. The molecule has 222 valence electrons. The molecule has 2 aromatic heterocycles. The van der Waals surface area contributed by atoms with Crippen LogP contribution in [0.5, 0.6) is 0 Å². The van der Waals surface area contributed by atoms with E-state index < -0.39 is 0 Å². The maximum absolute atomic E-state index is 5.14. The maximum atomic E-state index is 5.14. The molecule has 7 aromatic rings. The fourth-order valence-electron chi connectivity index (χ4n) is 6.56. The lowest BCUT2D eigenvalue weighted by atomic mass is 9.82. The van der Waals surface area contributed by atoms with E-state index in [1.807, 2.05) is 0 Å². The second-order valence-electron chi connectivity index (χ2n) is 12.0. The standard InChI is InChI=1S/C44H36N2/c1-29-30(2)44(38-27-41(35-21-13-7-14-22-35)46-42(28-38)36-23-15-8-16-24-36)32(4)31(3)43(29)37-25-39(33-17-9-5-10-18-33)45-40(26-37)34-19-11-6-12-20-34/h5-28H,1-4H3. The summed E-state index contributed by atoms with van der Waals surface area (Å²) in [5.41, 5.74) is 18.4. The van der Waals surface area contributed by atoms with Gasteiger partial charge in [-0.3, -0.25) is 0 Å². The molecule has 0 saturated carbocycles. The third-order valence-corrected chi connectivity index (χ3v) is 9.13. The molecule has 0 atom stereocenters. The van der Waals surface area contributed by atoms with Crippen molar-refractivity contribution in [2.24, 2.45) is 0 Å². The van der Waals surface area contributed by atoms with Gasteiger partial charge in [0, 0.05) is 22.3 Å². The average Bonchev–Trinajstić information content (AvgIpc) is 3.12. The van der Waals surface area contributed by atoms with Crippen LogP contribution in [0, 0.1) is 27.7 Å². The highest BCUT2D eigenvalue weighted by Crippen LogP contribution is 2.42. The highest BCUT2D eigenvalue weighted by molar-refractivity contribution is 5.87. The van der Waals surface area contributed by atoms with Gasteiger partial charge in [0.2, 0.25) is 0 Å². The number of rotatable bonds is 6. The van der Waals surface area contributed by atoms with Crippen molar-refractivity contribution in [3.05, 3.63) is 168 Å². The zero-order valence-electron chi connectivity index (χ0n) is 26.8. The summed E-state index contributed by atoms with van der Waals surface area (Å²) in [5.74, 6) is 0. The first-order chi connectivity index (χ1) is 22.5. The Kier molecular flexibility index (Phi) is 7.86. The molecule has 0 aliphatic rings. The molecule has 0 aliphatic heterocycles. The van der Waals surface area contributed by atoms with Gasteiger partial charge >= 0.3 is 0 Å². The maximum Gasteiger partial charge on any atom is 0.0715 e. The molecular weight excluding hydrogens is 556 g/mol. The minimum absolute atomic E-state index is 0.976. The Labute approximate surface area is 272 Å². The summed E-state index contributed by atoms with van der Waals surface area (Å²) in [6.07, 6.45) is 0. The molecule has 0 bridgehead atoms. The Hall–Kier alpha value is -5.60. The van der Waals surface area contributed by atoms with Crippen LogP contribution in [0.3, 0.4) is 0 Å². The molecular formula is C44H36N2. The second-order valence-corrected chi connectivity index (χ2v) is 12.0. The Morgan fingerprint density at radius 3 is 0.717 bits per heavy atom. The third kappa shape index (κ3) is 5.55. The van der Waals surface area contributed by atoms with Crippen molar-refractivity contribution in [3.63, 3.8) is 0 Å². The van der Waals surface area contributed by atoms with Crippen molar-refractivity contribution in [2.45, 2.75) is 27.7 Å². The van der Waals surface area contributed by atoms with E-state index in [0.717, 1.165) is 45.0 Å². The number of nitrogens with zero attached hydrogens (tertiary/aromatic N) is 2. The van der Waals surface area contributed by atoms with Crippen LogP contribution in [0.15, 0.2) is 146 Å². The van der Waals surface area contributed by atoms with E-state index in [9.17, 15) is 0 Å². The minimum Gasteiger partial charge on any atom is -0.248 e. The smallest absolute Gasteiger partial charge is 0.0715 e. The minimum atomic E-state index is 0.976. The predicted octanol–water partition coefficient (Wildman–Crippen LogP) is 11.7. The molecule has 7 rings (SSSR count). The molecule has 0 aliphatic carbocycles. The van der Waals surface area contributed by atoms with Crippen LogP contribution in [-0.2, 0) is 0 Å². The first-order valence-corrected chi connectivity index (χ1v) is 15.8. The van der Waals surface area contributed by atoms with E-state index in [0.29, 0.717) is 0 Å². The Balaban J connectivity index is 1.44. The molecule has 0 N–H and O–H groups in total. The van der Waals surface area contributed by atoms with E-state index in [1.165, 1.54) is 44.5 Å². The molecule has 46 heavy (non-hydrogen) atoms. The summed E-state index contributed by atoms with van der Waals surface area (Å²) in [6.45, 7) is 9.07. The average molecular weight is 593 g/mol. The monoisotopic (exact) mass is 592 g/mol. The third-order valence-electron chi connectivity index (χ3n) is 9.13. The van der Waals surface area contributed by atoms with Crippen molar-refractivity contribution < 1.29 is 0 Å². The fourth-order valence-corrected chi connectivity index (χ4v) is 6.56. The zero-order chi connectivity index (χ0) is 31.6. The summed E-state index contributed by atoms with van der Waals surface area (Å²) in [6, 6.07) is 50.9. The van der Waals surface area contributed by atoms with E-state index in [-0.39, 0.29) is 0 Å². The number of hydrogen-bond acceptors (Lipinski definition) is 2. The van der Waals surface area contributed by atoms with E-state index in [4.69, 9.17) is 9.97 Å². The predicted molar refractivity (Wildman–Crippen MR) is 194 cm³/mol. The molecule has 0 amide bonds. The lowest BCUT2D eigenvalue weighted by Gasteiger charge is -2.23. The SMILES string of the molecule is Cc1c(C)c(-c2cc(-c3ccccc3)nc(-c3ccccc3)c2)c(C)c(C)c1-c1cc(-c2ccccc2)nc(-c2ccccc2)c1. The lowest BCUT2D eigenvalue weighted by molar-refractivity contribution is 1.23. The van der Waals surface area contributed by atoms with Gasteiger partial charge in [-0.2, -0.15) is 0 Å². The van der Waals surface area contributed by atoms with Crippen LogP contribution < -0.4 is 0 Å². The molecule has 2 nitrogen and oxygen atoms in total. The van der Waals surface area contributed by atoms with Gasteiger partial charge in [-0.1, -0.05) is 121 Å². The number of aromatic nitrogens is 2. The quantitative estimate of drug-likeness (QED) is 0.192. The number of benzene rings is 5. The van der Waals surface area contributed by atoms with Gasteiger partial charge in [0.1, 0.15) is 0 Å². The molecule has 0 saturated heterocycles. The van der Waals surface area contributed by atoms with E-state index in [1.54, 1.807) is 0 Å². The molecule has 0 unspecified atom stereocenters. The lowest BCUT2D eigenvalue weighted by Crippen LogP contribution is -2.02. The summed E-state index contributed by atoms with van der Waals surface area (Å²) >= 11 is 0. The summed E-state index contributed by atoms with van der Waals surface area (Å²) in [5, 5.41) is 0. The molecule has 2 heterocycles. The van der Waals surface area contributed by atoms with Gasteiger partial charge in [0.05, 0.1) is 22.8 Å². The van der Waals surface area contributed by atoms with Crippen molar-refractivity contribution in [3.8, 4) is 67.3 Å². The highest BCUT2D eigenvalue weighted by Gasteiger charge is 2.20. The second kappa shape index (κ2) is 12.4. The number of pyridine rings is 2.